The molecule has 0 spiro atoms. The van der Waals surface area contributed by atoms with Crippen molar-refractivity contribution in [2.45, 2.75) is 4.90 Å². The Morgan fingerprint density at radius 1 is 0.935 bits per heavy atom. The first-order valence-electron chi connectivity index (χ1n) is 9.84. The van der Waals surface area contributed by atoms with Crippen molar-refractivity contribution in [1.29, 1.82) is 0 Å². The number of para-hydroxylation sites is 1. The van der Waals surface area contributed by atoms with E-state index in [0.717, 1.165) is 0 Å². The van der Waals surface area contributed by atoms with Gasteiger partial charge in [-0.15, -0.1) is 0 Å². The number of ether oxygens (including phenoxy) is 3. The number of rotatable bonds is 4. The highest BCUT2D eigenvalue weighted by Gasteiger charge is 2.29. The SMILES string of the molecule is O=C(c1oc2ccccc2c1NS(=O)(=O)c1ccc2c(c1)OCCO2)N1CCOCC1. The summed E-state index contributed by atoms with van der Waals surface area (Å²) < 4.78 is 51.0. The monoisotopic (exact) mass is 444 g/mol. The van der Waals surface area contributed by atoms with Crippen molar-refractivity contribution in [1.82, 2.24) is 4.90 Å². The molecular weight excluding hydrogens is 424 g/mol. The van der Waals surface area contributed by atoms with Gasteiger partial charge in [0.15, 0.2) is 11.5 Å². The summed E-state index contributed by atoms with van der Waals surface area (Å²) in [6.45, 7) is 2.41. The first-order valence-corrected chi connectivity index (χ1v) is 11.3. The van der Waals surface area contributed by atoms with E-state index in [0.29, 0.717) is 62.0 Å². The van der Waals surface area contributed by atoms with Gasteiger partial charge < -0.3 is 23.5 Å². The van der Waals surface area contributed by atoms with Crippen LogP contribution in [0.15, 0.2) is 51.8 Å². The number of fused-ring (bicyclic) bond motifs is 2. The number of nitrogens with zero attached hydrogens (tertiary/aromatic N) is 1. The molecule has 1 saturated heterocycles. The number of nitrogens with one attached hydrogen (secondary N) is 1. The number of carbonyl (C=O) groups is 1. The molecule has 31 heavy (non-hydrogen) atoms. The van der Waals surface area contributed by atoms with E-state index in [4.69, 9.17) is 18.6 Å². The van der Waals surface area contributed by atoms with Crippen LogP contribution in [0.3, 0.4) is 0 Å². The Morgan fingerprint density at radius 3 is 2.48 bits per heavy atom. The predicted molar refractivity (Wildman–Crippen MR) is 111 cm³/mol. The van der Waals surface area contributed by atoms with Gasteiger partial charge in [0.05, 0.1) is 18.1 Å². The summed E-state index contributed by atoms with van der Waals surface area (Å²) in [6, 6.07) is 11.3. The van der Waals surface area contributed by atoms with Gasteiger partial charge in [-0.25, -0.2) is 8.42 Å². The number of carbonyl (C=O) groups excluding carboxylic acids is 1. The fourth-order valence-electron chi connectivity index (χ4n) is 3.59. The minimum Gasteiger partial charge on any atom is -0.486 e. The van der Waals surface area contributed by atoms with Gasteiger partial charge in [0, 0.05) is 24.5 Å². The third-order valence-corrected chi connectivity index (χ3v) is 6.50. The highest BCUT2D eigenvalue weighted by molar-refractivity contribution is 7.92. The molecule has 1 amide bonds. The maximum absolute atomic E-state index is 13.2. The molecule has 2 aliphatic rings. The molecule has 1 N–H and O–H groups in total. The van der Waals surface area contributed by atoms with Gasteiger partial charge in [-0.1, -0.05) is 12.1 Å². The smallest absolute Gasteiger partial charge is 0.291 e. The molecule has 0 bridgehead atoms. The van der Waals surface area contributed by atoms with Crippen molar-refractivity contribution in [2.75, 3.05) is 44.2 Å². The van der Waals surface area contributed by atoms with Gasteiger partial charge in [0.2, 0.25) is 5.76 Å². The van der Waals surface area contributed by atoms with E-state index >= 15 is 0 Å². The zero-order valence-electron chi connectivity index (χ0n) is 16.5. The molecule has 0 saturated carbocycles. The summed E-state index contributed by atoms with van der Waals surface area (Å²) in [5, 5.41) is 0.500. The maximum atomic E-state index is 13.2. The summed E-state index contributed by atoms with van der Waals surface area (Å²) in [5.74, 6) is 0.404. The number of furan rings is 1. The molecule has 5 rings (SSSR count). The lowest BCUT2D eigenvalue weighted by atomic mass is 10.2. The van der Waals surface area contributed by atoms with E-state index in [1.54, 1.807) is 35.2 Å². The van der Waals surface area contributed by atoms with Gasteiger partial charge in [0.1, 0.15) is 24.5 Å². The first kappa shape index (κ1) is 19.7. The molecule has 9 nitrogen and oxygen atoms in total. The normalized spacial score (nSPS) is 16.3. The van der Waals surface area contributed by atoms with Crippen molar-refractivity contribution in [3.05, 3.63) is 48.2 Å². The fraction of sp³-hybridized carbons (Fsp3) is 0.286. The number of hydrogen-bond donors (Lipinski definition) is 1. The summed E-state index contributed by atoms with van der Waals surface area (Å²) in [4.78, 5) is 14.7. The molecule has 3 heterocycles. The molecule has 0 atom stereocenters. The third-order valence-electron chi connectivity index (χ3n) is 5.15. The fourth-order valence-corrected chi connectivity index (χ4v) is 4.69. The van der Waals surface area contributed by atoms with Gasteiger partial charge in [-0.3, -0.25) is 9.52 Å². The van der Waals surface area contributed by atoms with E-state index in [-0.39, 0.29) is 22.3 Å². The Morgan fingerprint density at radius 2 is 1.68 bits per heavy atom. The van der Waals surface area contributed by atoms with E-state index in [1.165, 1.54) is 12.1 Å². The first-order chi connectivity index (χ1) is 15.0. The summed E-state index contributed by atoms with van der Waals surface area (Å²) in [6.07, 6.45) is 0. The van der Waals surface area contributed by atoms with Crippen molar-refractivity contribution in [2.24, 2.45) is 0 Å². The topological polar surface area (TPSA) is 107 Å². The van der Waals surface area contributed by atoms with Crippen LogP contribution in [0.1, 0.15) is 10.6 Å². The number of benzene rings is 2. The van der Waals surface area contributed by atoms with Gasteiger partial charge in [-0.05, 0) is 24.3 Å². The van der Waals surface area contributed by atoms with E-state index in [1.807, 2.05) is 0 Å². The zero-order chi connectivity index (χ0) is 21.4. The van der Waals surface area contributed by atoms with Crippen LogP contribution in [0.2, 0.25) is 0 Å². The molecular formula is C21H20N2O7S. The van der Waals surface area contributed by atoms with Crippen LogP contribution in [0.25, 0.3) is 11.0 Å². The van der Waals surface area contributed by atoms with Crippen LogP contribution in [0.5, 0.6) is 11.5 Å². The Labute approximate surface area is 178 Å². The Balaban J connectivity index is 1.54. The largest absolute Gasteiger partial charge is 0.486 e. The molecule has 0 aliphatic carbocycles. The lowest BCUT2D eigenvalue weighted by Crippen LogP contribution is -2.40. The number of hydrogen-bond acceptors (Lipinski definition) is 7. The van der Waals surface area contributed by atoms with Crippen molar-refractivity contribution in [3.8, 4) is 11.5 Å². The van der Waals surface area contributed by atoms with Crippen LogP contribution >= 0.6 is 0 Å². The van der Waals surface area contributed by atoms with Gasteiger partial charge in [0.25, 0.3) is 15.9 Å². The van der Waals surface area contributed by atoms with Gasteiger partial charge >= 0.3 is 0 Å². The second kappa shape index (κ2) is 7.78. The van der Waals surface area contributed by atoms with E-state index < -0.39 is 10.0 Å². The minimum atomic E-state index is -4.04. The Bertz CT molecular complexity index is 1250. The molecule has 10 heteroatoms. The summed E-state index contributed by atoms with van der Waals surface area (Å²) >= 11 is 0. The molecule has 3 aromatic rings. The molecule has 2 aromatic carbocycles. The molecule has 2 aliphatic heterocycles. The van der Waals surface area contributed by atoms with Crippen LogP contribution < -0.4 is 14.2 Å². The quantitative estimate of drug-likeness (QED) is 0.659. The summed E-state index contributed by atoms with van der Waals surface area (Å²) in [5.41, 5.74) is 0.529. The number of anilines is 1. The lowest BCUT2D eigenvalue weighted by Gasteiger charge is -2.26. The molecule has 162 valence electrons. The van der Waals surface area contributed by atoms with E-state index in [2.05, 4.69) is 4.72 Å². The van der Waals surface area contributed by atoms with Crippen LogP contribution in [-0.4, -0.2) is 58.7 Å². The highest BCUT2D eigenvalue weighted by atomic mass is 32.2. The van der Waals surface area contributed by atoms with Crippen molar-refractivity contribution in [3.63, 3.8) is 0 Å². The molecule has 1 aromatic heterocycles. The molecule has 1 fully saturated rings. The second-order valence-corrected chi connectivity index (χ2v) is 8.80. The number of amides is 1. The average molecular weight is 444 g/mol. The van der Waals surface area contributed by atoms with Crippen molar-refractivity contribution >= 4 is 32.6 Å². The van der Waals surface area contributed by atoms with Crippen LogP contribution in [0.4, 0.5) is 5.69 Å². The van der Waals surface area contributed by atoms with Crippen molar-refractivity contribution < 1.29 is 31.8 Å². The van der Waals surface area contributed by atoms with Crippen LogP contribution in [0, 0.1) is 0 Å². The summed E-state index contributed by atoms with van der Waals surface area (Å²) in [7, 11) is -4.04. The standard InChI is InChI=1S/C21H20N2O7S/c24-21(23-7-9-27-10-8-23)20-19(15-3-1-2-4-16(15)30-20)22-31(25,26)14-5-6-17-18(13-14)29-12-11-28-17/h1-6,13,22H,7-12H2. The number of sulfonamides is 1. The lowest BCUT2D eigenvalue weighted by molar-refractivity contribution is 0.0285. The highest BCUT2D eigenvalue weighted by Crippen LogP contribution is 2.36. The average Bonchev–Trinajstić information content (AvgIpc) is 3.16. The number of morpholine rings is 1. The minimum absolute atomic E-state index is 0.00759. The van der Waals surface area contributed by atoms with Crippen LogP contribution in [-0.2, 0) is 14.8 Å². The maximum Gasteiger partial charge on any atom is 0.291 e. The van der Waals surface area contributed by atoms with E-state index in [9.17, 15) is 13.2 Å². The molecule has 0 radical (unpaired) electrons. The predicted octanol–water partition coefficient (Wildman–Crippen LogP) is 2.48. The second-order valence-electron chi connectivity index (χ2n) is 7.12. The molecule has 0 unspecified atom stereocenters. The Kier molecular flexibility index (Phi) is 4.95. The Hall–Kier alpha value is -3.24. The third kappa shape index (κ3) is 3.68. The van der Waals surface area contributed by atoms with Gasteiger partial charge in [-0.2, -0.15) is 0 Å². The zero-order valence-corrected chi connectivity index (χ0v) is 17.3.